The minimum absolute atomic E-state index is 0.195. The van der Waals surface area contributed by atoms with Crippen LogP contribution in [0, 0.1) is 0 Å². The molecule has 176 valence electrons. The number of aromatic nitrogens is 1. The summed E-state index contributed by atoms with van der Waals surface area (Å²) in [5, 5.41) is 4.24. The van der Waals surface area contributed by atoms with Crippen molar-refractivity contribution >= 4 is 33.5 Å². The summed E-state index contributed by atoms with van der Waals surface area (Å²) in [5.41, 5.74) is 2.44. The highest BCUT2D eigenvalue weighted by Crippen LogP contribution is 2.25. The van der Waals surface area contributed by atoms with Crippen molar-refractivity contribution in [3.8, 4) is 5.75 Å². The standard InChI is InChI=1S/C26H28N4O4/c1-28-22(17-21-24(28)20-5-3-4-6-23(20)34-26(21)32)25(31)27-11-12-29-13-15-30(16-14-29)18-7-9-19(33-2)10-8-18/h3-10,17H,11-16H2,1-2H3,(H,27,31). The van der Waals surface area contributed by atoms with Gasteiger partial charge >= 0.3 is 5.63 Å². The lowest BCUT2D eigenvalue weighted by Gasteiger charge is -2.36. The Hall–Kier alpha value is -3.78. The topological polar surface area (TPSA) is 80.0 Å². The number of ether oxygens (including phenoxy) is 1. The summed E-state index contributed by atoms with van der Waals surface area (Å²) in [5.74, 6) is 0.664. The highest BCUT2D eigenvalue weighted by atomic mass is 16.5. The van der Waals surface area contributed by atoms with Crippen molar-refractivity contribution in [2.45, 2.75) is 0 Å². The van der Waals surface area contributed by atoms with Gasteiger partial charge < -0.3 is 23.9 Å². The number of methoxy groups -OCH3 is 1. The molecule has 3 heterocycles. The number of anilines is 1. The van der Waals surface area contributed by atoms with Crippen LogP contribution in [0.4, 0.5) is 5.69 Å². The maximum Gasteiger partial charge on any atom is 0.345 e. The SMILES string of the molecule is COc1ccc(N2CCN(CCNC(=O)c3cc4c(=O)oc5ccccc5c4n3C)CC2)cc1. The number of piperazine rings is 1. The summed E-state index contributed by atoms with van der Waals surface area (Å²) in [6, 6.07) is 17.1. The lowest BCUT2D eigenvalue weighted by molar-refractivity contribution is 0.0940. The first-order chi connectivity index (χ1) is 16.5. The quantitative estimate of drug-likeness (QED) is 0.446. The van der Waals surface area contributed by atoms with Gasteiger partial charge in [0.15, 0.2) is 0 Å². The van der Waals surface area contributed by atoms with E-state index < -0.39 is 5.63 Å². The fourth-order valence-corrected chi connectivity index (χ4v) is 4.65. The summed E-state index contributed by atoms with van der Waals surface area (Å²) in [6.45, 7) is 5.06. The van der Waals surface area contributed by atoms with Crippen molar-refractivity contribution in [3.63, 3.8) is 0 Å². The van der Waals surface area contributed by atoms with Crippen LogP contribution >= 0.6 is 0 Å². The third-order valence-corrected chi connectivity index (χ3v) is 6.55. The lowest BCUT2D eigenvalue weighted by atomic mass is 10.2. The molecule has 1 saturated heterocycles. The molecule has 1 aliphatic heterocycles. The monoisotopic (exact) mass is 460 g/mol. The highest BCUT2D eigenvalue weighted by molar-refractivity contribution is 6.07. The zero-order valence-electron chi connectivity index (χ0n) is 19.4. The number of carbonyl (C=O) groups is 1. The van der Waals surface area contributed by atoms with Crippen LogP contribution in [-0.2, 0) is 7.05 Å². The van der Waals surface area contributed by atoms with Gasteiger partial charge in [-0.1, -0.05) is 12.1 Å². The molecule has 2 aromatic carbocycles. The second-order valence-electron chi connectivity index (χ2n) is 8.52. The normalized spacial score (nSPS) is 14.6. The van der Waals surface area contributed by atoms with Crippen molar-refractivity contribution in [1.82, 2.24) is 14.8 Å². The number of hydrogen-bond acceptors (Lipinski definition) is 6. The third kappa shape index (κ3) is 4.12. The molecule has 8 nitrogen and oxygen atoms in total. The number of nitrogens with zero attached hydrogens (tertiary/aromatic N) is 3. The predicted molar refractivity (Wildman–Crippen MR) is 133 cm³/mol. The van der Waals surface area contributed by atoms with Crippen molar-refractivity contribution in [2.75, 3.05) is 51.3 Å². The first-order valence-corrected chi connectivity index (χ1v) is 11.5. The Kier molecular flexibility index (Phi) is 5.98. The van der Waals surface area contributed by atoms with E-state index in [1.807, 2.05) is 37.4 Å². The highest BCUT2D eigenvalue weighted by Gasteiger charge is 2.20. The predicted octanol–water partition coefficient (Wildman–Crippen LogP) is 2.85. The molecule has 4 aromatic rings. The van der Waals surface area contributed by atoms with Gasteiger partial charge in [0.1, 0.15) is 17.0 Å². The molecule has 1 amide bonds. The fraction of sp³-hybridized carbons (Fsp3) is 0.308. The molecule has 0 unspecified atom stereocenters. The third-order valence-electron chi connectivity index (χ3n) is 6.55. The summed E-state index contributed by atoms with van der Waals surface area (Å²) in [6.07, 6.45) is 0. The van der Waals surface area contributed by atoms with Crippen molar-refractivity contribution in [1.29, 1.82) is 0 Å². The van der Waals surface area contributed by atoms with E-state index in [2.05, 4.69) is 27.2 Å². The second kappa shape index (κ2) is 9.23. The lowest BCUT2D eigenvalue weighted by Crippen LogP contribution is -2.48. The van der Waals surface area contributed by atoms with Gasteiger partial charge in [-0.3, -0.25) is 9.69 Å². The van der Waals surface area contributed by atoms with Gasteiger partial charge in [0, 0.05) is 57.4 Å². The average molecular weight is 461 g/mol. The largest absolute Gasteiger partial charge is 0.497 e. The Labute approximate surface area is 197 Å². The van der Waals surface area contributed by atoms with E-state index in [0.717, 1.165) is 43.9 Å². The van der Waals surface area contributed by atoms with Crippen LogP contribution in [0.2, 0.25) is 0 Å². The Balaban J connectivity index is 1.19. The van der Waals surface area contributed by atoms with Crippen LogP contribution in [0.15, 0.2) is 63.8 Å². The van der Waals surface area contributed by atoms with Crippen LogP contribution in [0.3, 0.4) is 0 Å². The number of fused-ring (bicyclic) bond motifs is 3. The van der Waals surface area contributed by atoms with Gasteiger partial charge in [-0.25, -0.2) is 4.79 Å². The Bertz CT molecular complexity index is 1380. The van der Waals surface area contributed by atoms with Crippen molar-refractivity contribution in [2.24, 2.45) is 7.05 Å². The van der Waals surface area contributed by atoms with Crippen LogP contribution in [0.5, 0.6) is 5.75 Å². The van der Waals surface area contributed by atoms with Gasteiger partial charge in [-0.05, 0) is 42.5 Å². The molecular formula is C26H28N4O4. The number of benzene rings is 2. The van der Waals surface area contributed by atoms with E-state index in [9.17, 15) is 9.59 Å². The number of hydrogen-bond donors (Lipinski definition) is 1. The van der Waals surface area contributed by atoms with E-state index in [1.165, 1.54) is 5.69 Å². The molecule has 34 heavy (non-hydrogen) atoms. The molecule has 0 saturated carbocycles. The first-order valence-electron chi connectivity index (χ1n) is 11.5. The zero-order chi connectivity index (χ0) is 23.7. The molecule has 2 aromatic heterocycles. The number of nitrogens with one attached hydrogen (secondary N) is 1. The number of carbonyl (C=O) groups excluding carboxylic acids is 1. The van der Waals surface area contributed by atoms with Crippen LogP contribution < -0.4 is 20.6 Å². The van der Waals surface area contributed by atoms with Gasteiger partial charge in [0.05, 0.1) is 18.0 Å². The Morgan fingerprint density at radius 3 is 2.50 bits per heavy atom. The van der Waals surface area contributed by atoms with E-state index in [0.29, 0.717) is 28.7 Å². The van der Waals surface area contributed by atoms with Crippen LogP contribution in [0.1, 0.15) is 10.5 Å². The summed E-state index contributed by atoms with van der Waals surface area (Å²) in [7, 11) is 3.48. The smallest absolute Gasteiger partial charge is 0.345 e. The number of amides is 1. The minimum Gasteiger partial charge on any atom is -0.497 e. The number of para-hydroxylation sites is 1. The molecule has 0 atom stereocenters. The maximum atomic E-state index is 12.9. The molecule has 5 rings (SSSR count). The van der Waals surface area contributed by atoms with Gasteiger partial charge in [-0.2, -0.15) is 0 Å². The Morgan fingerprint density at radius 2 is 1.76 bits per heavy atom. The molecule has 1 fully saturated rings. The number of rotatable bonds is 6. The number of aryl methyl sites for hydroxylation is 1. The van der Waals surface area contributed by atoms with Crippen LogP contribution in [0.25, 0.3) is 21.9 Å². The molecule has 1 aliphatic rings. The van der Waals surface area contributed by atoms with E-state index in [-0.39, 0.29) is 5.91 Å². The zero-order valence-corrected chi connectivity index (χ0v) is 19.4. The molecular weight excluding hydrogens is 432 g/mol. The molecule has 0 aliphatic carbocycles. The van der Waals surface area contributed by atoms with E-state index in [4.69, 9.17) is 9.15 Å². The maximum absolute atomic E-state index is 12.9. The summed E-state index contributed by atoms with van der Waals surface area (Å²) in [4.78, 5) is 30.1. The second-order valence-corrected chi connectivity index (χ2v) is 8.52. The minimum atomic E-state index is -0.432. The van der Waals surface area contributed by atoms with Gasteiger partial charge in [0.25, 0.3) is 5.91 Å². The van der Waals surface area contributed by atoms with Crippen LogP contribution in [-0.4, -0.2) is 61.8 Å². The summed E-state index contributed by atoms with van der Waals surface area (Å²) >= 11 is 0. The van der Waals surface area contributed by atoms with E-state index in [1.54, 1.807) is 23.8 Å². The fourth-order valence-electron chi connectivity index (χ4n) is 4.65. The van der Waals surface area contributed by atoms with Gasteiger partial charge in [-0.15, -0.1) is 0 Å². The molecule has 1 N–H and O–H groups in total. The van der Waals surface area contributed by atoms with Crippen molar-refractivity contribution in [3.05, 3.63) is 70.7 Å². The summed E-state index contributed by atoms with van der Waals surface area (Å²) < 4.78 is 12.4. The molecule has 0 radical (unpaired) electrons. The van der Waals surface area contributed by atoms with Gasteiger partial charge in [0.2, 0.25) is 0 Å². The molecule has 8 heteroatoms. The van der Waals surface area contributed by atoms with Crippen molar-refractivity contribution < 1.29 is 13.9 Å². The molecule has 0 spiro atoms. The Morgan fingerprint density at radius 1 is 1.03 bits per heavy atom. The average Bonchev–Trinajstić information content (AvgIpc) is 3.23. The first kappa shape index (κ1) is 22.0. The van der Waals surface area contributed by atoms with E-state index >= 15 is 0 Å². The molecule has 0 bridgehead atoms.